The Morgan fingerprint density at radius 2 is 1.58 bits per heavy atom. The van der Waals surface area contributed by atoms with Crippen LogP contribution >= 0.6 is 0 Å². The van der Waals surface area contributed by atoms with Crippen molar-refractivity contribution in [1.29, 1.82) is 0 Å². The molecule has 69 heavy (non-hydrogen) atoms. The monoisotopic (exact) mass is 987 g/mol. The van der Waals surface area contributed by atoms with Gasteiger partial charge in [0.2, 0.25) is 15.8 Å². The number of hydrogen-bond acceptors (Lipinski definition) is 12. The second-order valence-corrected chi connectivity index (χ2v) is 23.5. The van der Waals surface area contributed by atoms with Crippen molar-refractivity contribution in [2.24, 2.45) is 35.5 Å². The molecule has 0 radical (unpaired) electrons. The predicted octanol–water partition coefficient (Wildman–Crippen LogP) is 7.38. The summed E-state index contributed by atoms with van der Waals surface area (Å²) in [6, 6.07) is -1.67. The number of rotatable bonds is 6. The van der Waals surface area contributed by atoms with E-state index in [-0.39, 0.29) is 60.8 Å². The van der Waals surface area contributed by atoms with Crippen molar-refractivity contribution in [1.82, 2.24) is 9.21 Å². The number of nitrogens with zero attached hydrogens (tertiary/aromatic N) is 2. The molecule has 4 fully saturated rings. The van der Waals surface area contributed by atoms with Crippen molar-refractivity contribution in [3.8, 4) is 0 Å². The van der Waals surface area contributed by atoms with E-state index < -0.39 is 82.0 Å². The second-order valence-electron chi connectivity index (χ2n) is 21.4. The van der Waals surface area contributed by atoms with E-state index >= 15 is 0 Å². The van der Waals surface area contributed by atoms with E-state index in [1.165, 1.54) is 9.21 Å². The molecule has 0 aromatic carbocycles. The number of fused-ring (bicyclic) bond motifs is 3. The molecule has 1 saturated carbocycles. The number of hydrogen-bond donors (Lipinski definition) is 3. The van der Waals surface area contributed by atoms with Gasteiger partial charge in [0, 0.05) is 39.3 Å². The Kier molecular flexibility index (Phi) is 21.1. The summed E-state index contributed by atoms with van der Waals surface area (Å²) in [6.45, 7) is 18.6. The molecule has 4 heterocycles. The van der Waals surface area contributed by atoms with Crippen LogP contribution in [0.2, 0.25) is 0 Å². The number of aliphatic hydroxyl groups excluding tert-OH is 2. The molecule has 0 aromatic rings. The number of piperidine rings is 1. The van der Waals surface area contributed by atoms with Crippen LogP contribution in [0.3, 0.4) is 0 Å². The zero-order valence-electron chi connectivity index (χ0n) is 43.1. The first kappa shape index (κ1) is 56.9. The number of cyclic esters (lactones) is 1. The van der Waals surface area contributed by atoms with E-state index in [0.717, 1.165) is 36.0 Å². The summed E-state index contributed by atoms with van der Waals surface area (Å²) in [5, 5.41) is 34.4. The Bertz CT molecular complexity index is 2000. The third-order valence-corrected chi connectivity index (χ3v) is 17.9. The molecule has 1 aliphatic carbocycles. The quantitative estimate of drug-likeness (QED) is 0.136. The lowest BCUT2D eigenvalue weighted by Crippen LogP contribution is -2.61. The van der Waals surface area contributed by atoms with E-state index in [2.05, 4.69) is 40.3 Å². The molecule has 1 unspecified atom stereocenters. The largest absolute Gasteiger partial charge is 0.461 e. The first-order valence-electron chi connectivity index (χ1n) is 25.9. The molecule has 390 valence electrons. The van der Waals surface area contributed by atoms with Crippen LogP contribution in [0.5, 0.6) is 0 Å². The van der Waals surface area contributed by atoms with E-state index in [0.29, 0.717) is 64.3 Å². The van der Waals surface area contributed by atoms with Gasteiger partial charge in [-0.1, -0.05) is 83.2 Å². The van der Waals surface area contributed by atoms with Crippen molar-refractivity contribution >= 4 is 27.7 Å². The van der Waals surface area contributed by atoms with Crippen LogP contribution in [0, 0.1) is 35.5 Å². The molecule has 4 aliphatic heterocycles. The van der Waals surface area contributed by atoms with Gasteiger partial charge in [-0.3, -0.25) is 9.59 Å². The number of allylic oxidation sites excluding steroid dienone is 6. The summed E-state index contributed by atoms with van der Waals surface area (Å²) in [5.41, 5.74) is 2.31. The van der Waals surface area contributed by atoms with Crippen molar-refractivity contribution in [2.75, 3.05) is 33.1 Å². The Hall–Kier alpha value is -3.02. The molecule has 0 aromatic heterocycles. The predicted molar refractivity (Wildman–Crippen MR) is 267 cm³/mol. The van der Waals surface area contributed by atoms with Crippen LogP contribution in [0.15, 0.2) is 59.8 Å². The van der Waals surface area contributed by atoms with Crippen LogP contribution in [-0.2, 0) is 43.4 Å². The third-order valence-electron chi connectivity index (χ3n) is 16.0. The van der Waals surface area contributed by atoms with Crippen LogP contribution in [-0.4, -0.2) is 138 Å². The molecule has 0 spiro atoms. The van der Waals surface area contributed by atoms with Crippen LogP contribution in [0.4, 0.5) is 0 Å². The number of carbonyl (C=O) groups excluding carboxylic acids is 3. The maximum atomic E-state index is 14.5. The van der Waals surface area contributed by atoms with Gasteiger partial charge >= 0.3 is 5.97 Å². The highest BCUT2D eigenvalue weighted by molar-refractivity contribution is 7.89. The zero-order chi connectivity index (χ0) is 50.8. The summed E-state index contributed by atoms with van der Waals surface area (Å²) >= 11 is 0. The van der Waals surface area contributed by atoms with Crippen molar-refractivity contribution in [3.05, 3.63) is 59.8 Å². The van der Waals surface area contributed by atoms with E-state index in [4.69, 9.17) is 18.9 Å². The topological polar surface area (TPSA) is 189 Å². The average molecular weight is 987 g/mol. The number of Topliss-reactive ketones (excluding diaryl/α,β-unsaturated/α-hetero) is 1. The SMILES string of the molecule is C=C1[C@H](C)C[C@H](C)\C=C/C=C\C=C(\C)C(N2CCCS2(=O)=O)C[C@@H]2CC[C@@H](C)[C@@](O)(O2)C(=O)C(=O)N2CCCC[C@H]2C(=O)O[C@H]([C@H](C)C[C@@H]2CC[C@@H](O)[C@H](OC)C2)CC[C@H](C)/C=C(/C)[C@@H](O)[C@H]1OC. The number of ketones is 1. The van der Waals surface area contributed by atoms with Gasteiger partial charge in [-0.25, -0.2) is 13.2 Å². The molecule has 14 nitrogen and oxygen atoms in total. The average Bonchev–Trinajstić information content (AvgIpc) is 3.67. The fourth-order valence-electron chi connectivity index (χ4n) is 11.5. The summed E-state index contributed by atoms with van der Waals surface area (Å²) < 4.78 is 52.5. The lowest BCUT2D eigenvalue weighted by atomic mass is 9.78. The minimum atomic E-state index is -3.58. The molecule has 15 heteroatoms. The van der Waals surface area contributed by atoms with Gasteiger partial charge in [-0.2, -0.15) is 4.31 Å². The summed E-state index contributed by atoms with van der Waals surface area (Å²) in [6.07, 6.45) is 15.7. The lowest BCUT2D eigenvalue weighted by Gasteiger charge is -2.43. The normalized spacial score (nSPS) is 40.9. The minimum absolute atomic E-state index is 0.0192. The van der Waals surface area contributed by atoms with Crippen LogP contribution in [0.1, 0.15) is 138 Å². The van der Waals surface area contributed by atoms with E-state index in [9.17, 15) is 38.1 Å². The van der Waals surface area contributed by atoms with Crippen LogP contribution in [0.25, 0.3) is 0 Å². The Morgan fingerprint density at radius 1 is 0.841 bits per heavy atom. The molecular weight excluding hydrogens is 901 g/mol. The zero-order valence-corrected chi connectivity index (χ0v) is 43.9. The fraction of sp³-hybridized carbons (Fsp3) is 0.759. The Labute approximate surface area is 413 Å². The number of sulfonamides is 1. The highest BCUT2D eigenvalue weighted by Crippen LogP contribution is 2.39. The molecule has 3 saturated heterocycles. The van der Waals surface area contributed by atoms with E-state index in [1.54, 1.807) is 21.1 Å². The van der Waals surface area contributed by atoms with Gasteiger partial charge in [0.25, 0.3) is 11.7 Å². The molecule has 5 aliphatic rings. The maximum absolute atomic E-state index is 14.5. The highest BCUT2D eigenvalue weighted by atomic mass is 32.2. The molecule has 1 amide bonds. The van der Waals surface area contributed by atoms with Gasteiger partial charge in [-0.15, -0.1) is 0 Å². The van der Waals surface area contributed by atoms with Gasteiger partial charge in [0.05, 0.1) is 24.1 Å². The summed E-state index contributed by atoms with van der Waals surface area (Å²) in [4.78, 5) is 44.6. The van der Waals surface area contributed by atoms with Crippen molar-refractivity contribution < 1.29 is 57.1 Å². The Morgan fingerprint density at radius 3 is 2.26 bits per heavy atom. The minimum Gasteiger partial charge on any atom is -0.461 e. The van der Waals surface area contributed by atoms with Gasteiger partial charge in [0.1, 0.15) is 24.4 Å². The maximum Gasteiger partial charge on any atom is 0.329 e. The number of ether oxygens (including phenoxy) is 4. The number of aliphatic hydroxyl groups is 3. The number of carbonyl (C=O) groups is 3. The third kappa shape index (κ3) is 14.6. The summed E-state index contributed by atoms with van der Waals surface area (Å²) in [7, 11) is -0.383. The Balaban J connectivity index is 1.48. The standard InChI is InChI=1S/C54H86N2O12S/c1-34-17-12-11-13-18-36(3)45(56-27-16-28-69(56,63)64)33-43-23-21-40(7)54(62,68-43)51(59)52(60)55-26-15-14-19-44(55)53(61)67-47(38(5)31-42-22-24-46(57)48(32-42)65-9)25-20-35(2)30-39(6)49(58)50(66-10)41(8)37(4)29-34/h11-13,17-18,30,34-35,37-38,40,42-50,57-58,62H,8,14-16,19-29,31-33H2,1-7,9-10H3/b13-11-,17-12-,36-18-,39-30-/t34-,35+,37-,38-,40-,42+,43+,44+,45?,46-,47+,48-,49-,50+,54-/m1/s1. The van der Waals surface area contributed by atoms with Gasteiger partial charge in [-0.05, 0) is 144 Å². The summed E-state index contributed by atoms with van der Waals surface area (Å²) in [5.74, 6) is -5.68. The molecule has 5 rings (SSSR count). The highest BCUT2D eigenvalue weighted by Gasteiger charge is 2.53. The molecular formula is C54H86N2O12S. The number of esters is 1. The van der Waals surface area contributed by atoms with Gasteiger partial charge < -0.3 is 39.2 Å². The van der Waals surface area contributed by atoms with Crippen molar-refractivity contribution in [2.45, 2.75) is 193 Å². The van der Waals surface area contributed by atoms with E-state index in [1.807, 2.05) is 44.2 Å². The number of amides is 1. The smallest absolute Gasteiger partial charge is 0.329 e. The molecule has 15 atom stereocenters. The fourth-order valence-corrected chi connectivity index (χ4v) is 13.3. The first-order chi connectivity index (χ1) is 32.6. The number of methoxy groups -OCH3 is 2. The van der Waals surface area contributed by atoms with Gasteiger partial charge in [0.15, 0.2) is 0 Å². The second kappa shape index (κ2) is 25.6. The van der Waals surface area contributed by atoms with Crippen molar-refractivity contribution in [3.63, 3.8) is 0 Å². The molecule has 2 bridgehead atoms. The lowest BCUT2D eigenvalue weighted by molar-refractivity contribution is -0.264. The van der Waals surface area contributed by atoms with Crippen LogP contribution < -0.4 is 0 Å². The molecule has 3 N–H and O–H groups in total. The first-order valence-corrected chi connectivity index (χ1v) is 27.5.